The number of carboxylic acids is 1. The van der Waals surface area contributed by atoms with Crippen molar-refractivity contribution in [1.82, 2.24) is 4.98 Å². The van der Waals surface area contributed by atoms with Crippen LogP contribution < -0.4 is 4.74 Å². The van der Waals surface area contributed by atoms with Crippen LogP contribution in [0, 0.1) is 0 Å². The Kier molecular flexibility index (Phi) is 6.45. The van der Waals surface area contributed by atoms with Crippen molar-refractivity contribution in [1.29, 1.82) is 0 Å². The molecule has 0 fully saturated rings. The first-order valence-electron chi connectivity index (χ1n) is 4.49. The van der Waals surface area contributed by atoms with Crippen LogP contribution >= 0.6 is 11.6 Å². The van der Waals surface area contributed by atoms with Gasteiger partial charge in [0.2, 0.25) is 0 Å². The Hall–Kier alpha value is -1.29. The van der Waals surface area contributed by atoms with Crippen molar-refractivity contribution < 1.29 is 14.6 Å². The molecule has 0 amide bonds. The molecule has 0 spiro atoms. The third kappa shape index (κ3) is 4.65. The molecule has 1 N–H and O–H groups in total. The summed E-state index contributed by atoms with van der Waals surface area (Å²) >= 11 is 5.58. The fraction of sp³-hybridized carbons (Fsp3) is 0.400. The highest BCUT2D eigenvalue weighted by molar-refractivity contribution is 6.33. The zero-order valence-corrected chi connectivity index (χ0v) is 9.71. The van der Waals surface area contributed by atoms with Crippen LogP contribution in [0.2, 0.25) is 5.02 Å². The van der Waals surface area contributed by atoms with E-state index >= 15 is 0 Å². The van der Waals surface area contributed by atoms with Crippen molar-refractivity contribution in [3.8, 4) is 5.75 Å². The lowest BCUT2D eigenvalue weighted by atomic mass is 10.3. The summed E-state index contributed by atoms with van der Waals surface area (Å²) < 4.78 is 4.79. The lowest BCUT2D eigenvalue weighted by molar-refractivity contribution is 0.0690. The molecule has 0 aromatic carbocycles. The van der Waals surface area contributed by atoms with Crippen molar-refractivity contribution in [2.24, 2.45) is 0 Å². The van der Waals surface area contributed by atoms with Crippen LogP contribution in [-0.4, -0.2) is 23.2 Å². The maximum atomic E-state index is 10.4. The number of halogens is 1. The minimum atomic E-state index is -1.15. The summed E-state index contributed by atoms with van der Waals surface area (Å²) in [5.74, 6) is -0.715. The number of carboxylic acid groups (broad SMARTS) is 1. The topological polar surface area (TPSA) is 59.4 Å². The molecular weight excluding hydrogens is 218 g/mol. The molecule has 5 heteroatoms. The fourth-order valence-electron chi connectivity index (χ4n) is 0.689. The van der Waals surface area contributed by atoms with Crippen LogP contribution in [0.1, 0.15) is 30.8 Å². The number of nitrogens with zero attached hydrogens (tertiary/aromatic N) is 1. The van der Waals surface area contributed by atoms with Gasteiger partial charge in [0.25, 0.3) is 0 Å². The SMILES string of the molecule is CCC.COc1cnc(C(=O)O)c(Cl)c1. The third-order valence-corrected chi connectivity index (χ3v) is 1.54. The van der Waals surface area contributed by atoms with E-state index in [1.807, 2.05) is 0 Å². The molecule has 0 radical (unpaired) electrons. The monoisotopic (exact) mass is 231 g/mol. The molecule has 4 nitrogen and oxygen atoms in total. The molecule has 84 valence electrons. The quantitative estimate of drug-likeness (QED) is 0.850. The zero-order chi connectivity index (χ0) is 11.8. The van der Waals surface area contributed by atoms with E-state index in [9.17, 15) is 4.79 Å². The minimum absolute atomic E-state index is 0.0712. The van der Waals surface area contributed by atoms with Gasteiger partial charge in [-0.15, -0.1) is 0 Å². The largest absolute Gasteiger partial charge is 0.495 e. The smallest absolute Gasteiger partial charge is 0.356 e. The van der Waals surface area contributed by atoms with E-state index in [0.717, 1.165) is 0 Å². The molecular formula is C10H14ClNO3. The van der Waals surface area contributed by atoms with E-state index in [1.54, 1.807) is 0 Å². The van der Waals surface area contributed by atoms with Gasteiger partial charge in [0.05, 0.1) is 18.3 Å². The molecule has 15 heavy (non-hydrogen) atoms. The summed E-state index contributed by atoms with van der Waals surface area (Å²) in [4.78, 5) is 14.0. The van der Waals surface area contributed by atoms with E-state index in [0.29, 0.717) is 5.75 Å². The minimum Gasteiger partial charge on any atom is -0.495 e. The van der Waals surface area contributed by atoms with Gasteiger partial charge in [-0.2, -0.15) is 0 Å². The van der Waals surface area contributed by atoms with E-state index in [4.69, 9.17) is 21.4 Å². The number of hydrogen-bond acceptors (Lipinski definition) is 3. The normalized spacial score (nSPS) is 8.80. The van der Waals surface area contributed by atoms with Crippen LogP contribution in [-0.2, 0) is 0 Å². The molecule has 0 saturated carbocycles. The van der Waals surface area contributed by atoms with Gasteiger partial charge >= 0.3 is 5.97 Å². The van der Waals surface area contributed by atoms with Gasteiger partial charge in [-0.3, -0.25) is 0 Å². The number of hydrogen-bond donors (Lipinski definition) is 1. The average Bonchev–Trinajstić information content (AvgIpc) is 2.18. The highest BCUT2D eigenvalue weighted by atomic mass is 35.5. The first-order chi connectivity index (χ1) is 7.06. The van der Waals surface area contributed by atoms with E-state index in [1.165, 1.54) is 25.8 Å². The predicted octanol–water partition coefficient (Wildman–Crippen LogP) is 2.86. The van der Waals surface area contributed by atoms with Gasteiger partial charge in [0, 0.05) is 6.07 Å². The second kappa shape index (κ2) is 7.06. The second-order valence-electron chi connectivity index (χ2n) is 2.72. The molecule has 0 bridgehead atoms. The molecule has 0 aliphatic rings. The summed E-state index contributed by atoms with van der Waals surface area (Å²) in [6.07, 6.45) is 2.55. The van der Waals surface area contributed by atoms with Crippen molar-refractivity contribution in [3.63, 3.8) is 0 Å². The Labute approximate surface area is 93.9 Å². The van der Waals surface area contributed by atoms with Gasteiger partial charge in [-0.05, 0) is 0 Å². The molecule has 0 unspecified atom stereocenters. The number of aromatic nitrogens is 1. The first-order valence-corrected chi connectivity index (χ1v) is 4.87. The lowest BCUT2D eigenvalue weighted by Gasteiger charge is -2.00. The van der Waals surface area contributed by atoms with Gasteiger partial charge < -0.3 is 9.84 Å². The number of rotatable bonds is 2. The Morgan fingerprint density at radius 2 is 2.13 bits per heavy atom. The van der Waals surface area contributed by atoms with Crippen molar-refractivity contribution in [2.75, 3.05) is 7.11 Å². The number of methoxy groups -OCH3 is 1. The third-order valence-electron chi connectivity index (χ3n) is 1.25. The number of ether oxygens (including phenoxy) is 1. The molecule has 1 heterocycles. The van der Waals surface area contributed by atoms with Crippen LogP contribution in [0.25, 0.3) is 0 Å². The summed E-state index contributed by atoms with van der Waals surface area (Å²) in [5, 5.41) is 8.61. The van der Waals surface area contributed by atoms with E-state index in [2.05, 4.69) is 18.8 Å². The molecule has 0 atom stereocenters. The zero-order valence-electron chi connectivity index (χ0n) is 8.95. The summed E-state index contributed by atoms with van der Waals surface area (Å²) in [7, 11) is 1.45. The second-order valence-corrected chi connectivity index (χ2v) is 3.13. The highest BCUT2D eigenvalue weighted by Crippen LogP contribution is 2.19. The average molecular weight is 232 g/mol. The van der Waals surface area contributed by atoms with Gasteiger partial charge in [-0.25, -0.2) is 9.78 Å². The van der Waals surface area contributed by atoms with Crippen LogP contribution in [0.4, 0.5) is 0 Å². The highest BCUT2D eigenvalue weighted by Gasteiger charge is 2.10. The van der Waals surface area contributed by atoms with Crippen LogP contribution in [0.5, 0.6) is 5.75 Å². The standard InChI is InChI=1S/C7H6ClNO3.C3H8/c1-12-4-2-5(8)6(7(10)11)9-3-4;1-3-2/h2-3H,1H3,(H,10,11);3H2,1-2H3. The summed E-state index contributed by atoms with van der Waals surface area (Å²) in [6, 6.07) is 1.40. The van der Waals surface area contributed by atoms with Gasteiger partial charge in [-0.1, -0.05) is 31.9 Å². The summed E-state index contributed by atoms with van der Waals surface area (Å²) in [6.45, 7) is 4.25. The molecule has 0 aliphatic heterocycles. The lowest BCUT2D eigenvalue weighted by Crippen LogP contribution is -2.01. The molecule has 0 saturated heterocycles. The van der Waals surface area contributed by atoms with E-state index in [-0.39, 0.29) is 10.7 Å². The van der Waals surface area contributed by atoms with Crippen LogP contribution in [0.15, 0.2) is 12.3 Å². The van der Waals surface area contributed by atoms with Crippen molar-refractivity contribution >= 4 is 17.6 Å². The van der Waals surface area contributed by atoms with E-state index < -0.39 is 5.97 Å². The Bertz CT molecular complexity index is 328. The van der Waals surface area contributed by atoms with Gasteiger partial charge in [0.15, 0.2) is 5.69 Å². The van der Waals surface area contributed by atoms with Crippen molar-refractivity contribution in [3.05, 3.63) is 23.0 Å². The van der Waals surface area contributed by atoms with Gasteiger partial charge in [0.1, 0.15) is 5.75 Å². The number of aromatic carboxylic acids is 1. The Morgan fingerprint density at radius 3 is 2.47 bits per heavy atom. The maximum absolute atomic E-state index is 10.4. The maximum Gasteiger partial charge on any atom is 0.356 e. The molecule has 1 aromatic heterocycles. The van der Waals surface area contributed by atoms with Crippen molar-refractivity contribution in [2.45, 2.75) is 20.3 Å². The molecule has 1 aromatic rings. The number of pyridine rings is 1. The Balaban J connectivity index is 0.000000583. The first kappa shape index (κ1) is 13.7. The molecule has 0 aliphatic carbocycles. The predicted molar refractivity (Wildman–Crippen MR) is 58.7 cm³/mol. The fourth-order valence-corrected chi connectivity index (χ4v) is 0.927. The Morgan fingerprint density at radius 1 is 1.60 bits per heavy atom. The summed E-state index contributed by atoms with van der Waals surface area (Å²) in [5.41, 5.74) is -0.169. The van der Waals surface area contributed by atoms with Crippen LogP contribution in [0.3, 0.4) is 0 Å². The number of carbonyl (C=O) groups is 1. The molecule has 1 rings (SSSR count).